The van der Waals surface area contributed by atoms with Crippen LogP contribution in [0, 0.1) is 6.92 Å². The summed E-state index contributed by atoms with van der Waals surface area (Å²) in [7, 11) is 0. The number of hydrogen-bond acceptors (Lipinski definition) is 6. The van der Waals surface area contributed by atoms with Crippen LogP contribution in [0.15, 0.2) is 30.6 Å². The quantitative estimate of drug-likeness (QED) is 0.643. The third-order valence-electron chi connectivity index (χ3n) is 3.08. The molecule has 0 unspecified atom stereocenters. The highest BCUT2D eigenvalue weighted by Gasteiger charge is 2.18. The standard InChI is InChI=1S/C14H11N3O3S/c1-7-10-12(17-8-4-2-3-5-9(8)18)15-6-16-13(10)21-11(7)14(19)20/h2-6,18H,1H3,(H,19,20)(H,15,16,17). The Balaban J connectivity index is 2.15. The summed E-state index contributed by atoms with van der Waals surface area (Å²) < 4.78 is 0. The minimum atomic E-state index is -0.982. The molecule has 0 radical (unpaired) electrons. The summed E-state index contributed by atoms with van der Waals surface area (Å²) in [6.45, 7) is 1.72. The highest BCUT2D eigenvalue weighted by molar-refractivity contribution is 7.20. The summed E-state index contributed by atoms with van der Waals surface area (Å²) >= 11 is 1.11. The van der Waals surface area contributed by atoms with E-state index in [1.165, 1.54) is 6.33 Å². The van der Waals surface area contributed by atoms with Crippen LogP contribution in [0.4, 0.5) is 11.5 Å². The van der Waals surface area contributed by atoms with Crippen molar-refractivity contribution in [3.05, 3.63) is 41.0 Å². The van der Waals surface area contributed by atoms with Gasteiger partial charge in [-0.2, -0.15) is 0 Å². The van der Waals surface area contributed by atoms with Gasteiger partial charge in [0.2, 0.25) is 0 Å². The van der Waals surface area contributed by atoms with Gasteiger partial charge < -0.3 is 15.5 Å². The van der Waals surface area contributed by atoms with Gasteiger partial charge in [0.05, 0.1) is 11.1 Å². The molecule has 2 aromatic heterocycles. The molecule has 7 heteroatoms. The van der Waals surface area contributed by atoms with E-state index in [1.807, 2.05) is 0 Å². The molecule has 0 saturated heterocycles. The number of nitrogens with one attached hydrogen (secondary N) is 1. The zero-order valence-electron chi connectivity index (χ0n) is 11.0. The number of carbonyl (C=O) groups is 1. The predicted octanol–water partition coefficient (Wildman–Crippen LogP) is 3.15. The lowest BCUT2D eigenvalue weighted by molar-refractivity contribution is 0.0701. The first-order valence-corrected chi connectivity index (χ1v) is 6.92. The Hall–Kier alpha value is -2.67. The third kappa shape index (κ3) is 2.27. The maximum atomic E-state index is 11.2. The van der Waals surface area contributed by atoms with E-state index in [0.717, 1.165) is 11.3 Å². The first kappa shape index (κ1) is 13.3. The molecule has 1 aromatic carbocycles. The van der Waals surface area contributed by atoms with Crippen LogP contribution in [-0.2, 0) is 0 Å². The Morgan fingerprint density at radius 2 is 2.05 bits per heavy atom. The summed E-state index contributed by atoms with van der Waals surface area (Å²) in [5.74, 6) is -0.414. The number of aromatic nitrogens is 2. The van der Waals surface area contributed by atoms with Gasteiger partial charge in [0.1, 0.15) is 27.6 Å². The largest absolute Gasteiger partial charge is 0.506 e. The fourth-order valence-corrected chi connectivity index (χ4v) is 3.06. The molecule has 21 heavy (non-hydrogen) atoms. The number of fused-ring (bicyclic) bond motifs is 1. The minimum Gasteiger partial charge on any atom is -0.506 e. The van der Waals surface area contributed by atoms with Gasteiger partial charge in [-0.1, -0.05) is 12.1 Å². The van der Waals surface area contributed by atoms with E-state index in [0.29, 0.717) is 27.3 Å². The van der Waals surface area contributed by atoms with Gasteiger partial charge in [0, 0.05) is 0 Å². The van der Waals surface area contributed by atoms with E-state index in [2.05, 4.69) is 15.3 Å². The molecule has 3 rings (SSSR count). The number of aromatic carboxylic acids is 1. The fraction of sp³-hybridized carbons (Fsp3) is 0.0714. The Morgan fingerprint density at radius 1 is 1.29 bits per heavy atom. The van der Waals surface area contributed by atoms with Gasteiger partial charge in [0.25, 0.3) is 0 Å². The average molecular weight is 301 g/mol. The molecule has 0 aliphatic rings. The molecular weight excluding hydrogens is 290 g/mol. The molecule has 0 spiro atoms. The lowest BCUT2D eigenvalue weighted by Crippen LogP contribution is -1.97. The van der Waals surface area contributed by atoms with Crippen molar-refractivity contribution in [2.75, 3.05) is 5.32 Å². The van der Waals surface area contributed by atoms with Crippen LogP contribution in [-0.4, -0.2) is 26.2 Å². The summed E-state index contributed by atoms with van der Waals surface area (Å²) in [5, 5.41) is 22.7. The van der Waals surface area contributed by atoms with E-state index in [4.69, 9.17) is 0 Å². The van der Waals surface area contributed by atoms with Crippen LogP contribution >= 0.6 is 11.3 Å². The number of anilines is 2. The summed E-state index contributed by atoms with van der Waals surface area (Å²) in [5.41, 5.74) is 1.11. The van der Waals surface area contributed by atoms with Crippen LogP contribution in [0.3, 0.4) is 0 Å². The van der Waals surface area contributed by atoms with E-state index in [-0.39, 0.29) is 10.6 Å². The highest BCUT2D eigenvalue weighted by atomic mass is 32.1. The maximum Gasteiger partial charge on any atom is 0.346 e. The third-order valence-corrected chi connectivity index (χ3v) is 4.27. The maximum absolute atomic E-state index is 11.2. The lowest BCUT2D eigenvalue weighted by Gasteiger charge is -2.08. The van der Waals surface area contributed by atoms with E-state index >= 15 is 0 Å². The van der Waals surface area contributed by atoms with Crippen LogP contribution in [0.1, 0.15) is 15.2 Å². The van der Waals surface area contributed by atoms with Gasteiger partial charge in [-0.15, -0.1) is 11.3 Å². The number of hydrogen-bond donors (Lipinski definition) is 3. The molecular formula is C14H11N3O3S. The Labute approximate surface area is 123 Å². The van der Waals surface area contributed by atoms with Crippen LogP contribution in [0.5, 0.6) is 5.75 Å². The summed E-state index contributed by atoms with van der Waals surface area (Å²) in [4.78, 5) is 20.3. The second kappa shape index (κ2) is 5.02. The fourth-order valence-electron chi connectivity index (χ4n) is 2.08. The van der Waals surface area contributed by atoms with Crippen molar-refractivity contribution in [2.45, 2.75) is 6.92 Å². The van der Waals surface area contributed by atoms with Crippen LogP contribution in [0.2, 0.25) is 0 Å². The Kier molecular flexibility index (Phi) is 3.19. The normalized spacial score (nSPS) is 10.7. The first-order valence-electron chi connectivity index (χ1n) is 6.10. The van der Waals surface area contributed by atoms with E-state index < -0.39 is 5.97 Å². The first-order chi connectivity index (χ1) is 10.1. The number of carboxylic acids is 1. The van der Waals surface area contributed by atoms with Crippen molar-refractivity contribution < 1.29 is 15.0 Å². The number of thiophene rings is 1. The zero-order valence-corrected chi connectivity index (χ0v) is 11.8. The zero-order chi connectivity index (χ0) is 15.0. The van der Waals surface area contributed by atoms with Gasteiger partial charge >= 0.3 is 5.97 Å². The highest BCUT2D eigenvalue weighted by Crippen LogP contribution is 2.35. The van der Waals surface area contributed by atoms with E-state index in [9.17, 15) is 15.0 Å². The molecule has 3 aromatic rings. The molecule has 0 fully saturated rings. The molecule has 106 valence electrons. The number of nitrogens with zero attached hydrogens (tertiary/aromatic N) is 2. The smallest absolute Gasteiger partial charge is 0.346 e. The SMILES string of the molecule is Cc1c(C(=O)O)sc2ncnc(Nc3ccccc3O)c12. The number of benzene rings is 1. The van der Waals surface area contributed by atoms with Crippen LogP contribution in [0.25, 0.3) is 10.2 Å². The minimum absolute atomic E-state index is 0.0932. The van der Waals surface area contributed by atoms with Crippen molar-refractivity contribution in [3.8, 4) is 5.75 Å². The van der Waals surface area contributed by atoms with E-state index in [1.54, 1.807) is 31.2 Å². The predicted molar refractivity (Wildman–Crippen MR) is 80.5 cm³/mol. The summed E-state index contributed by atoms with van der Waals surface area (Å²) in [6.07, 6.45) is 1.37. The van der Waals surface area contributed by atoms with Gasteiger partial charge in [-0.25, -0.2) is 14.8 Å². The number of carboxylic acid groups (broad SMARTS) is 1. The van der Waals surface area contributed by atoms with Crippen molar-refractivity contribution in [1.82, 2.24) is 9.97 Å². The lowest BCUT2D eigenvalue weighted by atomic mass is 10.2. The Bertz CT molecular complexity index is 845. The topological polar surface area (TPSA) is 95.3 Å². The molecule has 0 amide bonds. The second-order valence-corrected chi connectivity index (χ2v) is 5.40. The summed E-state index contributed by atoms with van der Waals surface area (Å²) in [6, 6.07) is 6.77. The molecule has 6 nitrogen and oxygen atoms in total. The number of aryl methyl sites for hydroxylation is 1. The number of phenolic OH excluding ortho intramolecular Hbond substituents is 1. The van der Waals surface area contributed by atoms with Crippen molar-refractivity contribution in [2.24, 2.45) is 0 Å². The molecule has 0 aliphatic carbocycles. The van der Waals surface area contributed by atoms with Crippen molar-refractivity contribution in [1.29, 1.82) is 0 Å². The number of aromatic hydroxyl groups is 1. The molecule has 0 aliphatic heterocycles. The Morgan fingerprint density at radius 3 is 2.76 bits per heavy atom. The number of para-hydroxylation sites is 2. The van der Waals surface area contributed by atoms with Crippen molar-refractivity contribution >= 4 is 39.0 Å². The molecule has 3 N–H and O–H groups in total. The average Bonchev–Trinajstić information content (AvgIpc) is 2.80. The number of phenols is 1. The number of rotatable bonds is 3. The van der Waals surface area contributed by atoms with Gasteiger partial charge in [-0.05, 0) is 24.6 Å². The molecule has 0 atom stereocenters. The van der Waals surface area contributed by atoms with Crippen molar-refractivity contribution in [3.63, 3.8) is 0 Å². The molecule has 0 saturated carbocycles. The molecule has 2 heterocycles. The second-order valence-electron chi connectivity index (χ2n) is 4.41. The molecule has 0 bridgehead atoms. The van der Waals surface area contributed by atoms with Crippen LogP contribution < -0.4 is 5.32 Å². The van der Waals surface area contributed by atoms with Gasteiger partial charge in [-0.3, -0.25) is 0 Å². The van der Waals surface area contributed by atoms with Gasteiger partial charge in [0.15, 0.2) is 0 Å². The monoisotopic (exact) mass is 301 g/mol.